The van der Waals surface area contributed by atoms with Crippen LogP contribution in [0.15, 0.2) is 30.3 Å². The van der Waals surface area contributed by atoms with Crippen molar-refractivity contribution in [3.8, 4) is 0 Å². The molecule has 5 heteroatoms. The van der Waals surface area contributed by atoms with Gasteiger partial charge < -0.3 is 15.0 Å². The van der Waals surface area contributed by atoms with Gasteiger partial charge in [0, 0.05) is 12.1 Å². The van der Waals surface area contributed by atoms with Gasteiger partial charge in [-0.25, -0.2) is 4.79 Å². The third kappa shape index (κ3) is 4.76. The van der Waals surface area contributed by atoms with Crippen LogP contribution in [0.25, 0.3) is 0 Å². The minimum absolute atomic E-state index is 0.0909. The normalized spacial score (nSPS) is 33.5. The first-order chi connectivity index (χ1) is 15.1. The van der Waals surface area contributed by atoms with Gasteiger partial charge in [0.2, 0.25) is 0 Å². The maximum atomic E-state index is 12.8. The number of hydrogen-bond donors (Lipinski definition) is 1. The Hall–Kier alpha value is -1.62. The van der Waals surface area contributed by atoms with Crippen LogP contribution in [0.4, 0.5) is 0 Å². The fourth-order valence-corrected chi connectivity index (χ4v) is 7.60. The molecule has 4 saturated carbocycles. The van der Waals surface area contributed by atoms with Crippen LogP contribution in [0.5, 0.6) is 0 Å². The van der Waals surface area contributed by atoms with E-state index in [4.69, 9.17) is 17.0 Å². The molecular weight excluding hydrogens is 404 g/mol. The first-order valence-electron chi connectivity index (χ1n) is 12.4. The van der Waals surface area contributed by atoms with Gasteiger partial charge in [-0.2, -0.15) is 0 Å². The molecule has 31 heavy (non-hydrogen) atoms. The molecule has 5 fully saturated rings. The summed E-state index contributed by atoms with van der Waals surface area (Å²) >= 11 is 5.86. The number of thiocarbonyl (C=S) groups is 1. The quantitative estimate of drug-likeness (QED) is 0.373. The van der Waals surface area contributed by atoms with Gasteiger partial charge >= 0.3 is 5.97 Å². The Morgan fingerprint density at radius 2 is 1.74 bits per heavy atom. The summed E-state index contributed by atoms with van der Waals surface area (Å²) in [6.45, 7) is 1.37. The van der Waals surface area contributed by atoms with E-state index in [1.54, 1.807) is 0 Å². The number of nitrogens with zero attached hydrogens (tertiary/aromatic N) is 1. The number of hydrogen-bond acceptors (Lipinski definition) is 3. The number of unbranched alkanes of at least 4 members (excludes halogenated alkanes) is 1. The summed E-state index contributed by atoms with van der Waals surface area (Å²) < 4.78 is 5.67. The van der Waals surface area contributed by atoms with Crippen molar-refractivity contribution in [1.82, 2.24) is 10.2 Å². The van der Waals surface area contributed by atoms with Gasteiger partial charge in [0.25, 0.3) is 0 Å². The second kappa shape index (κ2) is 9.09. The molecule has 0 spiro atoms. The van der Waals surface area contributed by atoms with Crippen LogP contribution in [0.2, 0.25) is 0 Å². The maximum absolute atomic E-state index is 12.8. The van der Waals surface area contributed by atoms with Gasteiger partial charge in [-0.15, -0.1) is 0 Å². The highest BCUT2D eigenvalue weighted by Gasteiger charge is 2.51. The first-order valence-corrected chi connectivity index (χ1v) is 12.8. The zero-order valence-electron chi connectivity index (χ0n) is 18.6. The van der Waals surface area contributed by atoms with Crippen molar-refractivity contribution in [2.75, 3.05) is 13.2 Å². The van der Waals surface area contributed by atoms with Crippen molar-refractivity contribution < 1.29 is 9.53 Å². The number of carbonyl (C=O) groups is 1. The average molecular weight is 441 g/mol. The Morgan fingerprint density at radius 1 is 1.06 bits per heavy atom. The molecule has 1 aromatic rings. The molecule has 0 unspecified atom stereocenters. The van der Waals surface area contributed by atoms with E-state index in [1.807, 2.05) is 6.07 Å². The molecule has 4 aliphatic carbocycles. The summed E-state index contributed by atoms with van der Waals surface area (Å²) in [5.74, 6) is 2.57. The molecule has 5 aliphatic rings. The van der Waals surface area contributed by atoms with Crippen molar-refractivity contribution in [3.05, 3.63) is 35.9 Å². The molecule has 1 heterocycles. The highest BCUT2D eigenvalue weighted by atomic mass is 32.1. The number of ether oxygens (including phenoxy) is 1. The SMILES string of the molecule is O=C(OCCCCc1ccccc1)[C@@H]1CCCN1C(=S)NC12CC3CC(CC(C3)C1)C2. The molecule has 1 atom stereocenters. The fraction of sp³-hybridized carbons (Fsp3) is 0.692. The van der Waals surface area contributed by atoms with Gasteiger partial charge in [0.15, 0.2) is 5.11 Å². The Balaban J connectivity index is 1.09. The minimum atomic E-state index is -0.206. The number of carbonyl (C=O) groups excluding carboxylic acids is 1. The Bertz CT molecular complexity index is 761. The molecule has 1 aromatic carbocycles. The standard InChI is InChI=1S/C26H36N2O2S/c29-24(30-12-5-4-9-19-7-2-1-3-8-19)23-10-6-11-28(23)25(31)27-26-16-20-13-21(17-26)15-22(14-20)18-26/h1-3,7-8,20-23H,4-6,9-18H2,(H,27,31)/t20?,21?,22?,23-,26?/m0/s1. The zero-order valence-corrected chi connectivity index (χ0v) is 19.4. The summed E-state index contributed by atoms with van der Waals surface area (Å²) in [5.41, 5.74) is 1.54. The van der Waals surface area contributed by atoms with E-state index in [1.165, 1.54) is 44.1 Å². The lowest BCUT2D eigenvalue weighted by molar-refractivity contribution is -0.147. The van der Waals surface area contributed by atoms with Crippen LogP contribution in [-0.4, -0.2) is 40.7 Å². The number of benzene rings is 1. The monoisotopic (exact) mass is 440 g/mol. The zero-order chi connectivity index (χ0) is 21.3. The number of rotatable bonds is 7. The molecule has 1 saturated heterocycles. The van der Waals surface area contributed by atoms with E-state index in [0.29, 0.717) is 6.61 Å². The summed E-state index contributed by atoms with van der Waals surface area (Å²) in [4.78, 5) is 14.9. The van der Waals surface area contributed by atoms with Gasteiger partial charge in [0.1, 0.15) is 6.04 Å². The second-order valence-corrected chi connectivity index (χ2v) is 11.0. The first kappa shape index (κ1) is 21.2. The smallest absolute Gasteiger partial charge is 0.328 e. The number of aryl methyl sites for hydroxylation is 1. The molecular formula is C26H36N2O2S. The Kier molecular flexibility index (Phi) is 6.23. The van der Waals surface area contributed by atoms with Crippen LogP contribution in [0, 0.1) is 17.8 Å². The van der Waals surface area contributed by atoms with Gasteiger partial charge in [-0.1, -0.05) is 30.3 Å². The lowest BCUT2D eigenvalue weighted by atomic mass is 9.53. The van der Waals surface area contributed by atoms with Crippen molar-refractivity contribution in [3.63, 3.8) is 0 Å². The summed E-state index contributed by atoms with van der Waals surface area (Å²) in [6, 6.07) is 10.3. The van der Waals surface area contributed by atoms with Crippen molar-refractivity contribution >= 4 is 23.3 Å². The van der Waals surface area contributed by atoms with Gasteiger partial charge in [-0.05, 0) is 106 Å². The highest BCUT2D eigenvalue weighted by Crippen LogP contribution is 2.55. The third-order valence-corrected chi connectivity index (χ3v) is 8.48. The predicted molar refractivity (Wildman–Crippen MR) is 127 cm³/mol. The molecule has 4 nitrogen and oxygen atoms in total. The molecule has 1 N–H and O–H groups in total. The lowest BCUT2D eigenvalue weighted by Gasteiger charge is -2.57. The molecule has 6 rings (SSSR count). The van der Waals surface area contributed by atoms with Crippen LogP contribution in [0.1, 0.15) is 69.8 Å². The number of likely N-dealkylation sites (tertiary alicyclic amines) is 1. The molecule has 168 valence electrons. The Labute approximate surface area is 192 Å². The predicted octanol–water partition coefficient (Wildman–Crippen LogP) is 4.86. The third-order valence-electron chi connectivity index (χ3n) is 8.14. The van der Waals surface area contributed by atoms with E-state index in [0.717, 1.165) is 61.5 Å². The summed E-state index contributed by atoms with van der Waals surface area (Å²) in [7, 11) is 0. The van der Waals surface area contributed by atoms with E-state index in [-0.39, 0.29) is 17.6 Å². The topological polar surface area (TPSA) is 41.6 Å². The minimum Gasteiger partial charge on any atom is -0.464 e. The van der Waals surface area contributed by atoms with E-state index >= 15 is 0 Å². The average Bonchev–Trinajstić information content (AvgIpc) is 3.23. The van der Waals surface area contributed by atoms with Crippen LogP contribution < -0.4 is 5.32 Å². The fourth-order valence-electron chi connectivity index (χ4n) is 7.16. The van der Waals surface area contributed by atoms with E-state index < -0.39 is 0 Å². The lowest BCUT2D eigenvalue weighted by Crippen LogP contribution is -2.62. The van der Waals surface area contributed by atoms with Crippen molar-refractivity contribution in [2.45, 2.75) is 82.2 Å². The van der Waals surface area contributed by atoms with E-state index in [9.17, 15) is 4.79 Å². The van der Waals surface area contributed by atoms with Crippen LogP contribution >= 0.6 is 12.2 Å². The molecule has 0 amide bonds. The van der Waals surface area contributed by atoms with Crippen LogP contribution in [0.3, 0.4) is 0 Å². The molecule has 1 aliphatic heterocycles. The van der Waals surface area contributed by atoms with Crippen LogP contribution in [-0.2, 0) is 16.0 Å². The number of nitrogens with one attached hydrogen (secondary N) is 1. The maximum Gasteiger partial charge on any atom is 0.328 e. The largest absolute Gasteiger partial charge is 0.464 e. The summed E-state index contributed by atoms with van der Waals surface area (Å²) in [6.07, 6.45) is 12.9. The number of esters is 1. The van der Waals surface area contributed by atoms with Crippen molar-refractivity contribution in [1.29, 1.82) is 0 Å². The molecule has 4 bridgehead atoms. The highest BCUT2D eigenvalue weighted by molar-refractivity contribution is 7.80. The molecule has 0 radical (unpaired) electrons. The van der Waals surface area contributed by atoms with Gasteiger partial charge in [-0.3, -0.25) is 0 Å². The van der Waals surface area contributed by atoms with Crippen molar-refractivity contribution in [2.24, 2.45) is 17.8 Å². The molecule has 0 aromatic heterocycles. The Morgan fingerprint density at radius 3 is 2.42 bits per heavy atom. The van der Waals surface area contributed by atoms with E-state index in [2.05, 4.69) is 34.5 Å². The van der Waals surface area contributed by atoms with Gasteiger partial charge in [0.05, 0.1) is 6.61 Å². The summed E-state index contributed by atoms with van der Waals surface area (Å²) in [5, 5.41) is 4.59. The second-order valence-electron chi connectivity index (χ2n) is 10.6.